The van der Waals surface area contributed by atoms with Crippen LogP contribution in [0.2, 0.25) is 0 Å². The van der Waals surface area contributed by atoms with E-state index >= 15 is 0 Å². The van der Waals surface area contributed by atoms with Gasteiger partial charge in [0.2, 0.25) is 0 Å². The summed E-state index contributed by atoms with van der Waals surface area (Å²) in [6.07, 6.45) is 0. The number of allylic oxidation sites excluding steroid dienone is 1. The molecule has 0 saturated carbocycles. The summed E-state index contributed by atoms with van der Waals surface area (Å²) in [6, 6.07) is 0. The molecule has 0 amide bonds. The van der Waals surface area contributed by atoms with Crippen LogP contribution in [0.15, 0.2) is 11.3 Å². The Morgan fingerprint density at radius 3 is 2.08 bits per heavy atom. The molecular formula is C8H9O5+. The number of cyclic esters (lactones) is 2. The number of aliphatic hydroxyl groups is 1. The molecule has 0 aliphatic carbocycles. The second kappa shape index (κ2) is 2.69. The van der Waals surface area contributed by atoms with Crippen LogP contribution in [0.4, 0.5) is 0 Å². The minimum absolute atomic E-state index is 0.425. The molecule has 5 heteroatoms. The van der Waals surface area contributed by atoms with Gasteiger partial charge in [0.1, 0.15) is 5.76 Å². The van der Waals surface area contributed by atoms with Gasteiger partial charge < -0.3 is 14.6 Å². The average Bonchev–Trinajstić information content (AvgIpc) is 1.78. The second-order valence-electron chi connectivity index (χ2n) is 2.87. The van der Waals surface area contributed by atoms with Crippen molar-refractivity contribution in [2.45, 2.75) is 19.6 Å². The third kappa shape index (κ3) is 1.74. The lowest BCUT2D eigenvalue weighted by Gasteiger charge is -2.24. The van der Waals surface area contributed by atoms with E-state index in [1.54, 1.807) is 0 Å². The van der Waals surface area contributed by atoms with Gasteiger partial charge in [0, 0.05) is 0 Å². The number of esters is 2. The van der Waals surface area contributed by atoms with Crippen molar-refractivity contribution >= 4 is 11.9 Å². The van der Waals surface area contributed by atoms with E-state index in [0.717, 1.165) is 0 Å². The highest BCUT2D eigenvalue weighted by molar-refractivity contribution is 6.15. The maximum atomic E-state index is 11.1. The molecule has 1 aliphatic rings. The van der Waals surface area contributed by atoms with Gasteiger partial charge in [0.05, 0.1) is 6.92 Å². The zero-order chi connectivity index (χ0) is 10.2. The standard InChI is InChI=1S/C8H8O5/c1-4(9)5-6(10)12-8(2,3)13-7(5)11/h2H2,1,3H3/p+1. The van der Waals surface area contributed by atoms with Crippen LogP contribution in [-0.2, 0) is 19.1 Å². The molecule has 0 unspecified atom stereocenters. The highest BCUT2D eigenvalue weighted by atomic mass is 16.7. The van der Waals surface area contributed by atoms with E-state index < -0.39 is 29.1 Å². The SMILES string of the molecule is [CH2+]C1(C)OC(=O)C(=C(C)O)C(=O)O1. The van der Waals surface area contributed by atoms with Crippen LogP contribution in [0.3, 0.4) is 0 Å². The van der Waals surface area contributed by atoms with E-state index in [0.29, 0.717) is 0 Å². The molecule has 0 aromatic rings. The molecule has 1 heterocycles. The van der Waals surface area contributed by atoms with Crippen molar-refractivity contribution in [1.29, 1.82) is 0 Å². The van der Waals surface area contributed by atoms with Crippen molar-refractivity contribution in [1.82, 2.24) is 0 Å². The summed E-state index contributed by atoms with van der Waals surface area (Å²) in [4.78, 5) is 22.2. The summed E-state index contributed by atoms with van der Waals surface area (Å²) in [5.41, 5.74) is -0.485. The third-order valence-corrected chi connectivity index (χ3v) is 1.39. The van der Waals surface area contributed by atoms with Crippen LogP contribution in [0.25, 0.3) is 0 Å². The molecule has 1 aliphatic heterocycles. The topological polar surface area (TPSA) is 72.8 Å². The Morgan fingerprint density at radius 2 is 1.77 bits per heavy atom. The molecule has 1 saturated heterocycles. The lowest BCUT2D eigenvalue weighted by atomic mass is 10.2. The number of hydrogen-bond donors (Lipinski definition) is 1. The lowest BCUT2D eigenvalue weighted by molar-refractivity contribution is -0.214. The van der Waals surface area contributed by atoms with E-state index in [4.69, 9.17) is 5.11 Å². The largest absolute Gasteiger partial charge is 0.511 e. The van der Waals surface area contributed by atoms with E-state index in [-0.39, 0.29) is 0 Å². The van der Waals surface area contributed by atoms with Gasteiger partial charge in [-0.15, -0.1) is 0 Å². The summed E-state index contributed by atoms with van der Waals surface area (Å²) in [6.45, 7) is 5.86. The molecule has 13 heavy (non-hydrogen) atoms. The van der Waals surface area contributed by atoms with Gasteiger partial charge in [-0.05, 0) is 6.92 Å². The van der Waals surface area contributed by atoms with E-state index in [1.807, 2.05) is 0 Å². The van der Waals surface area contributed by atoms with Crippen molar-refractivity contribution in [2.24, 2.45) is 0 Å². The minimum Gasteiger partial charge on any atom is -0.511 e. The van der Waals surface area contributed by atoms with Crippen molar-refractivity contribution in [3.05, 3.63) is 18.3 Å². The number of hydrogen-bond acceptors (Lipinski definition) is 5. The predicted octanol–water partition coefficient (Wildman–Crippen LogP) is 0.469. The lowest BCUT2D eigenvalue weighted by Crippen LogP contribution is -2.42. The summed E-state index contributed by atoms with van der Waals surface area (Å²) < 4.78 is 9.21. The van der Waals surface area contributed by atoms with Gasteiger partial charge in [-0.2, -0.15) is 0 Å². The summed E-state index contributed by atoms with van der Waals surface area (Å²) in [5, 5.41) is 8.95. The first-order valence-electron chi connectivity index (χ1n) is 3.55. The van der Waals surface area contributed by atoms with Crippen molar-refractivity contribution in [2.75, 3.05) is 0 Å². The summed E-state index contributed by atoms with van der Waals surface area (Å²) in [5.74, 6) is -3.78. The Labute approximate surface area is 74.9 Å². The van der Waals surface area contributed by atoms with Gasteiger partial charge in [0.25, 0.3) is 0 Å². The predicted molar refractivity (Wildman–Crippen MR) is 41.3 cm³/mol. The fraction of sp³-hybridized carbons (Fsp3) is 0.375. The zero-order valence-corrected chi connectivity index (χ0v) is 7.29. The molecule has 0 aromatic heterocycles. The van der Waals surface area contributed by atoms with Crippen LogP contribution < -0.4 is 0 Å². The van der Waals surface area contributed by atoms with Crippen LogP contribution in [0.1, 0.15) is 13.8 Å². The highest BCUT2D eigenvalue weighted by Gasteiger charge is 2.45. The summed E-state index contributed by atoms with van der Waals surface area (Å²) >= 11 is 0. The first-order chi connectivity index (χ1) is 5.83. The third-order valence-electron chi connectivity index (χ3n) is 1.39. The minimum atomic E-state index is -1.51. The molecule has 0 bridgehead atoms. The smallest absolute Gasteiger partial charge is 0.398 e. The number of rotatable bonds is 0. The molecule has 70 valence electrons. The Morgan fingerprint density at radius 1 is 1.38 bits per heavy atom. The van der Waals surface area contributed by atoms with Crippen molar-refractivity contribution < 1.29 is 24.2 Å². The maximum Gasteiger partial charge on any atom is 0.398 e. The van der Waals surface area contributed by atoms with Crippen LogP contribution in [-0.4, -0.2) is 22.8 Å². The molecule has 0 aromatic carbocycles. The second-order valence-corrected chi connectivity index (χ2v) is 2.87. The van der Waals surface area contributed by atoms with Gasteiger partial charge in [0.15, 0.2) is 12.5 Å². The molecular weight excluding hydrogens is 176 g/mol. The van der Waals surface area contributed by atoms with Gasteiger partial charge >= 0.3 is 17.7 Å². The number of aliphatic hydroxyl groups excluding tert-OH is 1. The fourth-order valence-corrected chi connectivity index (χ4v) is 0.894. The van der Waals surface area contributed by atoms with Crippen molar-refractivity contribution in [3.63, 3.8) is 0 Å². The average molecular weight is 185 g/mol. The Bertz CT molecular complexity index is 274. The number of carbonyl (C=O) groups is 2. The Kier molecular flexibility index (Phi) is 1.95. The quantitative estimate of drug-likeness (QED) is 0.195. The molecule has 0 atom stereocenters. The van der Waals surface area contributed by atoms with E-state index in [2.05, 4.69) is 16.4 Å². The Hall–Kier alpha value is -1.65. The Balaban J connectivity index is 3.04. The highest BCUT2D eigenvalue weighted by Crippen LogP contribution is 2.23. The van der Waals surface area contributed by atoms with Gasteiger partial charge in [-0.25, -0.2) is 9.59 Å². The summed E-state index contributed by atoms with van der Waals surface area (Å²) in [7, 11) is 0. The van der Waals surface area contributed by atoms with E-state index in [9.17, 15) is 9.59 Å². The van der Waals surface area contributed by atoms with Crippen molar-refractivity contribution in [3.8, 4) is 0 Å². The maximum absolute atomic E-state index is 11.1. The normalized spacial score (nSPS) is 28.0. The molecule has 5 nitrogen and oxygen atoms in total. The molecule has 1 fully saturated rings. The van der Waals surface area contributed by atoms with E-state index in [1.165, 1.54) is 13.8 Å². The first kappa shape index (κ1) is 9.44. The van der Waals surface area contributed by atoms with Gasteiger partial charge in [-0.3, -0.25) is 0 Å². The molecule has 1 rings (SSSR count). The van der Waals surface area contributed by atoms with Gasteiger partial charge in [-0.1, -0.05) is 0 Å². The fourth-order valence-electron chi connectivity index (χ4n) is 0.894. The zero-order valence-electron chi connectivity index (χ0n) is 7.29. The van der Waals surface area contributed by atoms with Crippen LogP contribution in [0, 0.1) is 6.92 Å². The first-order valence-corrected chi connectivity index (χ1v) is 3.55. The number of ether oxygens (including phenoxy) is 2. The number of carbonyl (C=O) groups excluding carboxylic acids is 2. The molecule has 0 radical (unpaired) electrons. The van der Waals surface area contributed by atoms with Crippen LogP contribution in [0.5, 0.6) is 0 Å². The molecule has 1 N–H and O–H groups in total. The van der Waals surface area contributed by atoms with Crippen LogP contribution >= 0.6 is 0 Å². The molecule has 0 spiro atoms. The monoisotopic (exact) mass is 185 g/mol.